The number of esters is 1. The Balaban J connectivity index is 0.0000102. The average molecular weight is 635 g/mol. The lowest BCUT2D eigenvalue weighted by Crippen LogP contribution is -2.34. The highest BCUT2D eigenvalue weighted by Crippen LogP contribution is 2.36. The number of unbranched alkanes of at least 4 members (excludes halogenated alkanes) is 8. The maximum Gasteiger partial charge on any atom is 0.311 e. The smallest absolute Gasteiger partial charge is 0.311 e. The molecule has 0 fully saturated rings. The Kier molecular flexibility index (Phi) is 18.6. The Morgan fingerprint density at radius 1 is 0.909 bits per heavy atom. The minimum absolute atomic E-state index is 0. The van der Waals surface area contributed by atoms with Gasteiger partial charge in [0.1, 0.15) is 0 Å². The molecule has 0 aliphatic heterocycles. The van der Waals surface area contributed by atoms with E-state index in [2.05, 4.69) is 20.8 Å². The summed E-state index contributed by atoms with van der Waals surface area (Å²) in [5, 5.41) is 0.886. The highest BCUT2D eigenvalue weighted by Gasteiger charge is 2.20. The molecule has 0 amide bonds. The van der Waals surface area contributed by atoms with Crippen molar-refractivity contribution in [3.63, 3.8) is 0 Å². The first-order chi connectivity index (χ1) is 15.1. The number of halogens is 4. The molecule has 7 heteroatoms. The normalized spacial score (nSPS) is 12.3. The van der Waals surface area contributed by atoms with Crippen molar-refractivity contribution in [2.45, 2.75) is 116 Å². The van der Waals surface area contributed by atoms with Crippen LogP contribution < -0.4 is 10.5 Å². The Morgan fingerprint density at radius 3 is 1.91 bits per heavy atom. The molecule has 2 N–H and O–H groups in total. The quantitative estimate of drug-likeness (QED) is 0.0803. The second kappa shape index (κ2) is 18.5. The van der Waals surface area contributed by atoms with Gasteiger partial charge in [-0.3, -0.25) is 4.79 Å². The lowest BCUT2D eigenvalue weighted by molar-refractivity contribution is -0.134. The summed E-state index contributed by atoms with van der Waals surface area (Å²) in [5.74, 6) is 0.372. The van der Waals surface area contributed by atoms with Gasteiger partial charge in [0.05, 0.1) is 10.0 Å². The number of ether oxygens (including phenoxy) is 1. The van der Waals surface area contributed by atoms with Crippen LogP contribution in [0.1, 0.15) is 111 Å². The summed E-state index contributed by atoms with van der Waals surface area (Å²) >= 11 is 18.1. The first kappa shape index (κ1) is 33.2. The van der Waals surface area contributed by atoms with Gasteiger partial charge < -0.3 is 10.5 Å². The zero-order valence-electron chi connectivity index (χ0n) is 20.6. The molecule has 1 aromatic carbocycles. The number of benzene rings is 1. The van der Waals surface area contributed by atoms with Gasteiger partial charge in [0.2, 0.25) is 0 Å². The van der Waals surface area contributed by atoms with Gasteiger partial charge >= 0.3 is 5.97 Å². The molecule has 0 radical (unpaired) electrons. The van der Waals surface area contributed by atoms with E-state index in [1.165, 1.54) is 76.3 Å². The Labute approximate surface area is 233 Å². The van der Waals surface area contributed by atoms with Crippen molar-refractivity contribution in [2.75, 3.05) is 0 Å². The summed E-state index contributed by atoms with van der Waals surface area (Å²) < 4.78 is 5.39. The molecular weight excluding hydrogens is 592 g/mol. The summed E-state index contributed by atoms with van der Waals surface area (Å²) in [5.41, 5.74) is 6.09. The van der Waals surface area contributed by atoms with Crippen LogP contribution in [0.4, 0.5) is 0 Å². The first-order valence-corrected chi connectivity index (χ1v) is 13.4. The minimum Gasteiger partial charge on any atom is -0.423 e. The van der Waals surface area contributed by atoms with Crippen LogP contribution >= 0.6 is 58.8 Å². The summed E-state index contributed by atoms with van der Waals surface area (Å²) in [6, 6.07) is 3.03. The van der Waals surface area contributed by atoms with Crippen LogP contribution in [-0.2, 0) is 4.79 Å². The monoisotopic (exact) mass is 633 g/mol. The van der Waals surface area contributed by atoms with Crippen LogP contribution in [0.3, 0.4) is 0 Å². The van der Waals surface area contributed by atoms with E-state index in [0.717, 1.165) is 19.3 Å². The van der Waals surface area contributed by atoms with Gasteiger partial charge in [-0.2, -0.15) is 0 Å². The molecular formula is C26H43Cl3INO2. The zero-order valence-corrected chi connectivity index (χ0v) is 25.2. The zero-order chi connectivity index (χ0) is 24.0. The molecule has 1 unspecified atom stereocenters. The fourth-order valence-electron chi connectivity index (χ4n) is 4.16. The van der Waals surface area contributed by atoms with Crippen molar-refractivity contribution >= 4 is 64.7 Å². The summed E-state index contributed by atoms with van der Waals surface area (Å²) in [7, 11) is 0. The van der Waals surface area contributed by atoms with E-state index < -0.39 is 0 Å². The van der Waals surface area contributed by atoms with Crippen LogP contribution in [0.2, 0.25) is 15.1 Å². The largest absolute Gasteiger partial charge is 0.423 e. The Bertz CT molecular complexity index is 657. The predicted molar refractivity (Wildman–Crippen MR) is 155 cm³/mol. The van der Waals surface area contributed by atoms with E-state index in [1.54, 1.807) is 0 Å². The van der Waals surface area contributed by atoms with Crippen LogP contribution in [-0.4, -0.2) is 11.5 Å². The van der Waals surface area contributed by atoms with E-state index in [9.17, 15) is 4.79 Å². The molecule has 3 nitrogen and oxygen atoms in total. The SMILES string of the molecule is CCCCCCCCCCCC(CCCC(=O)Oc1c(Cl)cc(Cl)cc1Cl)CC(C)(C)N.I. The second-order valence-electron chi connectivity index (χ2n) is 9.74. The average Bonchev–Trinajstić information content (AvgIpc) is 2.68. The minimum atomic E-state index is -0.329. The molecule has 0 aliphatic carbocycles. The molecule has 0 saturated carbocycles. The topological polar surface area (TPSA) is 52.3 Å². The summed E-state index contributed by atoms with van der Waals surface area (Å²) in [6.45, 7) is 6.41. The van der Waals surface area contributed by atoms with Crippen molar-refractivity contribution in [2.24, 2.45) is 11.7 Å². The van der Waals surface area contributed by atoms with Crippen LogP contribution in [0.5, 0.6) is 5.75 Å². The molecule has 0 aliphatic rings. The number of carbonyl (C=O) groups excluding carboxylic acids is 1. The van der Waals surface area contributed by atoms with E-state index in [1.807, 2.05) is 0 Å². The Morgan fingerprint density at radius 2 is 1.39 bits per heavy atom. The van der Waals surface area contributed by atoms with Crippen LogP contribution in [0.15, 0.2) is 12.1 Å². The number of hydrogen-bond acceptors (Lipinski definition) is 3. The van der Waals surface area contributed by atoms with Gasteiger partial charge in [0.15, 0.2) is 5.75 Å². The maximum atomic E-state index is 12.3. The van der Waals surface area contributed by atoms with Crippen molar-refractivity contribution in [3.8, 4) is 5.75 Å². The van der Waals surface area contributed by atoms with Gasteiger partial charge in [0.25, 0.3) is 0 Å². The van der Waals surface area contributed by atoms with Gasteiger partial charge in [-0.25, -0.2) is 0 Å². The van der Waals surface area contributed by atoms with E-state index >= 15 is 0 Å². The standard InChI is InChI=1S/C26H42Cl3NO2.HI/c1-4-5-6-7-8-9-10-11-12-14-20(19-26(2,3)30)15-13-16-24(31)32-25-22(28)17-21(27)18-23(25)29;/h17-18,20H,4-16,19,30H2,1-3H3;1H. The highest BCUT2D eigenvalue weighted by molar-refractivity contribution is 14.0. The molecule has 192 valence electrons. The van der Waals surface area contributed by atoms with Gasteiger partial charge in [-0.15, -0.1) is 24.0 Å². The fraction of sp³-hybridized carbons (Fsp3) is 0.731. The lowest BCUT2D eigenvalue weighted by atomic mass is 9.84. The fourth-order valence-corrected chi connectivity index (χ4v) is 5.06. The van der Waals surface area contributed by atoms with Gasteiger partial charge in [-0.05, 0) is 51.2 Å². The van der Waals surface area contributed by atoms with Crippen LogP contribution in [0.25, 0.3) is 0 Å². The molecule has 0 aromatic heterocycles. The third-order valence-electron chi connectivity index (χ3n) is 5.70. The lowest BCUT2D eigenvalue weighted by Gasteiger charge is -2.26. The molecule has 33 heavy (non-hydrogen) atoms. The number of hydrogen-bond donors (Lipinski definition) is 1. The molecule has 0 bridgehead atoms. The molecule has 1 atom stereocenters. The van der Waals surface area contributed by atoms with Gasteiger partial charge in [-0.1, -0.05) is 106 Å². The van der Waals surface area contributed by atoms with E-state index in [0.29, 0.717) is 17.4 Å². The number of nitrogens with two attached hydrogens (primary N) is 1. The number of carbonyl (C=O) groups is 1. The summed E-state index contributed by atoms with van der Waals surface area (Å²) in [4.78, 5) is 12.3. The van der Waals surface area contributed by atoms with Crippen molar-refractivity contribution in [3.05, 3.63) is 27.2 Å². The maximum absolute atomic E-state index is 12.3. The molecule has 1 aromatic rings. The third kappa shape index (κ3) is 16.5. The van der Waals surface area contributed by atoms with Crippen molar-refractivity contribution in [1.82, 2.24) is 0 Å². The molecule has 0 spiro atoms. The summed E-state index contributed by atoms with van der Waals surface area (Å²) in [6.07, 6.45) is 16.2. The second-order valence-corrected chi connectivity index (χ2v) is 11.0. The van der Waals surface area contributed by atoms with E-state index in [4.69, 9.17) is 45.3 Å². The number of rotatable bonds is 17. The molecule has 1 rings (SSSR count). The van der Waals surface area contributed by atoms with Crippen LogP contribution in [0, 0.1) is 5.92 Å². The van der Waals surface area contributed by atoms with Crippen molar-refractivity contribution < 1.29 is 9.53 Å². The van der Waals surface area contributed by atoms with E-state index in [-0.39, 0.29) is 51.3 Å². The third-order valence-corrected chi connectivity index (χ3v) is 6.48. The highest BCUT2D eigenvalue weighted by atomic mass is 127. The van der Waals surface area contributed by atoms with Crippen molar-refractivity contribution in [1.29, 1.82) is 0 Å². The molecule has 0 saturated heterocycles. The predicted octanol–water partition coefficient (Wildman–Crippen LogP) is 10.0. The molecule has 0 heterocycles. The van der Waals surface area contributed by atoms with Gasteiger partial charge in [0, 0.05) is 17.0 Å². The Hall–Kier alpha value is 0.250. The first-order valence-electron chi connectivity index (χ1n) is 12.3.